The van der Waals surface area contributed by atoms with Crippen LogP contribution < -0.4 is 5.73 Å². The third-order valence-electron chi connectivity index (χ3n) is 2.53. The zero-order valence-corrected chi connectivity index (χ0v) is 9.27. The molecule has 80 valence electrons. The fraction of sp³-hybridized carbons (Fsp3) is 0.333. The zero-order valence-electron chi connectivity index (χ0n) is 9.27. The van der Waals surface area contributed by atoms with Gasteiger partial charge in [0.15, 0.2) is 5.82 Å². The molecule has 0 bridgehead atoms. The predicted molar refractivity (Wildman–Crippen MR) is 62.8 cm³/mol. The fourth-order valence-corrected chi connectivity index (χ4v) is 1.28. The van der Waals surface area contributed by atoms with E-state index >= 15 is 0 Å². The smallest absolute Gasteiger partial charge is 0.160 e. The molecule has 1 unspecified atom stereocenters. The molecule has 0 radical (unpaired) electrons. The van der Waals surface area contributed by atoms with E-state index in [1.807, 2.05) is 0 Å². The van der Waals surface area contributed by atoms with E-state index in [4.69, 9.17) is 5.73 Å². The Labute approximate surface area is 90.8 Å². The van der Waals surface area contributed by atoms with Gasteiger partial charge in [0.25, 0.3) is 0 Å². The van der Waals surface area contributed by atoms with Crippen molar-refractivity contribution in [1.29, 1.82) is 0 Å². The summed E-state index contributed by atoms with van der Waals surface area (Å²) in [7, 11) is 0. The Hall–Kier alpha value is -1.64. The minimum Gasteiger partial charge on any atom is -0.404 e. The van der Waals surface area contributed by atoms with Crippen molar-refractivity contribution in [1.82, 2.24) is 9.97 Å². The van der Waals surface area contributed by atoms with Crippen molar-refractivity contribution in [2.45, 2.75) is 20.3 Å². The summed E-state index contributed by atoms with van der Waals surface area (Å²) in [6, 6.07) is 1.78. The molecule has 0 aliphatic rings. The van der Waals surface area contributed by atoms with Gasteiger partial charge in [0.2, 0.25) is 0 Å². The molecule has 1 aromatic heterocycles. The van der Waals surface area contributed by atoms with E-state index in [9.17, 15) is 0 Å². The van der Waals surface area contributed by atoms with Crippen LogP contribution in [0.2, 0.25) is 0 Å². The normalized spacial score (nSPS) is 13.6. The Kier molecular flexibility index (Phi) is 4.03. The van der Waals surface area contributed by atoms with Crippen LogP contribution >= 0.6 is 0 Å². The van der Waals surface area contributed by atoms with E-state index in [1.165, 1.54) is 6.20 Å². The maximum absolute atomic E-state index is 5.60. The van der Waals surface area contributed by atoms with Gasteiger partial charge in [-0.25, -0.2) is 9.97 Å². The van der Waals surface area contributed by atoms with Gasteiger partial charge in [0.1, 0.15) is 0 Å². The maximum atomic E-state index is 5.60. The van der Waals surface area contributed by atoms with E-state index in [1.54, 1.807) is 18.5 Å². The Bertz CT molecular complexity index is 354. The van der Waals surface area contributed by atoms with Gasteiger partial charge >= 0.3 is 0 Å². The van der Waals surface area contributed by atoms with Crippen molar-refractivity contribution >= 4 is 5.57 Å². The Balaban J connectivity index is 2.97. The largest absolute Gasteiger partial charge is 0.404 e. The van der Waals surface area contributed by atoms with Crippen LogP contribution in [0.5, 0.6) is 0 Å². The fourth-order valence-electron chi connectivity index (χ4n) is 1.28. The van der Waals surface area contributed by atoms with Crippen molar-refractivity contribution in [3.63, 3.8) is 0 Å². The summed E-state index contributed by atoms with van der Waals surface area (Å²) in [4.78, 5) is 8.33. The molecule has 1 rings (SSSR count). The number of allylic oxidation sites excluding steroid dienone is 2. The van der Waals surface area contributed by atoms with Crippen LogP contribution in [0.4, 0.5) is 0 Å². The highest BCUT2D eigenvalue weighted by atomic mass is 14.9. The van der Waals surface area contributed by atoms with Crippen LogP contribution in [0.25, 0.3) is 5.57 Å². The third kappa shape index (κ3) is 2.65. The standard InChI is InChI=1S/C12H17N3/c1-4-9(2)10(3)11(8-13)12-14-6-5-7-15-12/h5-9H,3-4,13H2,1-2H3. The van der Waals surface area contributed by atoms with Gasteiger partial charge < -0.3 is 5.73 Å². The third-order valence-corrected chi connectivity index (χ3v) is 2.53. The molecule has 15 heavy (non-hydrogen) atoms. The molecular formula is C12H17N3. The highest BCUT2D eigenvalue weighted by Crippen LogP contribution is 2.25. The average molecular weight is 203 g/mol. The van der Waals surface area contributed by atoms with Crippen LogP contribution in [0.1, 0.15) is 26.1 Å². The number of rotatable bonds is 4. The lowest BCUT2D eigenvalue weighted by Gasteiger charge is -2.14. The molecule has 0 saturated heterocycles. The first-order chi connectivity index (χ1) is 7.20. The van der Waals surface area contributed by atoms with Crippen molar-refractivity contribution in [3.8, 4) is 0 Å². The van der Waals surface area contributed by atoms with E-state index in [0.29, 0.717) is 11.7 Å². The minimum atomic E-state index is 0.392. The van der Waals surface area contributed by atoms with Crippen molar-refractivity contribution in [2.75, 3.05) is 0 Å². The molecule has 1 atom stereocenters. The van der Waals surface area contributed by atoms with E-state index in [-0.39, 0.29) is 0 Å². The van der Waals surface area contributed by atoms with Crippen LogP contribution in [0, 0.1) is 5.92 Å². The topological polar surface area (TPSA) is 51.8 Å². The number of nitrogens with zero attached hydrogens (tertiary/aromatic N) is 2. The van der Waals surface area contributed by atoms with Gasteiger partial charge in [-0.15, -0.1) is 0 Å². The van der Waals surface area contributed by atoms with Crippen LogP contribution in [0.15, 0.2) is 36.8 Å². The molecule has 0 spiro atoms. The second-order valence-electron chi connectivity index (χ2n) is 3.49. The summed E-state index contributed by atoms with van der Waals surface area (Å²) in [5.41, 5.74) is 7.43. The molecule has 0 aliphatic carbocycles. The van der Waals surface area contributed by atoms with Gasteiger partial charge in [-0.2, -0.15) is 0 Å². The van der Waals surface area contributed by atoms with Gasteiger partial charge in [0, 0.05) is 24.2 Å². The molecular weight excluding hydrogens is 186 g/mol. The SMILES string of the molecule is C=C(C(=CN)c1ncccn1)C(C)CC. The Morgan fingerprint density at radius 1 is 1.53 bits per heavy atom. The van der Waals surface area contributed by atoms with Gasteiger partial charge in [-0.3, -0.25) is 0 Å². The first kappa shape index (κ1) is 11.4. The number of nitrogens with two attached hydrogens (primary N) is 1. The van der Waals surface area contributed by atoms with Gasteiger partial charge in [0.05, 0.1) is 0 Å². The Morgan fingerprint density at radius 3 is 2.60 bits per heavy atom. The summed E-state index contributed by atoms with van der Waals surface area (Å²) >= 11 is 0. The molecule has 2 N–H and O–H groups in total. The second-order valence-corrected chi connectivity index (χ2v) is 3.49. The van der Waals surface area contributed by atoms with E-state index < -0.39 is 0 Å². The van der Waals surface area contributed by atoms with Crippen LogP contribution in [-0.2, 0) is 0 Å². The quantitative estimate of drug-likeness (QED) is 0.764. The molecule has 0 aliphatic heterocycles. The maximum Gasteiger partial charge on any atom is 0.160 e. The van der Waals surface area contributed by atoms with Crippen molar-refractivity contribution < 1.29 is 0 Å². The summed E-state index contributed by atoms with van der Waals surface area (Å²) in [5, 5.41) is 0. The number of hydrogen-bond acceptors (Lipinski definition) is 3. The monoisotopic (exact) mass is 203 g/mol. The molecule has 3 heteroatoms. The minimum absolute atomic E-state index is 0.392. The van der Waals surface area contributed by atoms with Crippen LogP contribution in [0.3, 0.4) is 0 Å². The van der Waals surface area contributed by atoms with Crippen molar-refractivity contribution in [2.24, 2.45) is 11.7 Å². The van der Waals surface area contributed by atoms with Gasteiger partial charge in [-0.1, -0.05) is 20.4 Å². The lowest BCUT2D eigenvalue weighted by atomic mass is 9.93. The number of aromatic nitrogens is 2. The average Bonchev–Trinajstić information content (AvgIpc) is 2.30. The summed E-state index contributed by atoms with van der Waals surface area (Å²) in [6.45, 7) is 8.29. The highest BCUT2D eigenvalue weighted by Gasteiger charge is 2.12. The molecule has 0 saturated carbocycles. The highest BCUT2D eigenvalue weighted by molar-refractivity contribution is 5.74. The van der Waals surface area contributed by atoms with E-state index in [2.05, 4.69) is 30.4 Å². The van der Waals surface area contributed by atoms with E-state index in [0.717, 1.165) is 17.6 Å². The summed E-state index contributed by atoms with van der Waals surface area (Å²) < 4.78 is 0. The molecule has 0 aromatic carbocycles. The first-order valence-electron chi connectivity index (χ1n) is 5.09. The van der Waals surface area contributed by atoms with Crippen molar-refractivity contribution in [3.05, 3.63) is 42.6 Å². The lowest BCUT2D eigenvalue weighted by Crippen LogP contribution is -2.04. The number of hydrogen-bond donors (Lipinski definition) is 1. The first-order valence-corrected chi connectivity index (χ1v) is 5.09. The predicted octanol–water partition coefficient (Wildman–Crippen LogP) is 2.38. The van der Waals surface area contributed by atoms with Crippen LogP contribution in [-0.4, -0.2) is 9.97 Å². The summed E-state index contributed by atoms with van der Waals surface area (Å²) in [6.07, 6.45) is 5.97. The molecule has 0 amide bonds. The molecule has 1 aromatic rings. The zero-order chi connectivity index (χ0) is 11.3. The lowest BCUT2D eigenvalue weighted by molar-refractivity contribution is 0.675. The summed E-state index contributed by atoms with van der Waals surface area (Å²) in [5.74, 6) is 1.04. The van der Waals surface area contributed by atoms with Gasteiger partial charge in [-0.05, 0) is 24.0 Å². The second kappa shape index (κ2) is 5.29. The molecule has 0 fully saturated rings. The Morgan fingerprint density at radius 2 is 2.13 bits per heavy atom. The molecule has 3 nitrogen and oxygen atoms in total. The molecule has 1 heterocycles.